The van der Waals surface area contributed by atoms with E-state index in [1.807, 2.05) is 19.2 Å². The van der Waals surface area contributed by atoms with Gasteiger partial charge in [-0.25, -0.2) is 0 Å². The van der Waals surface area contributed by atoms with E-state index in [-0.39, 0.29) is 0 Å². The van der Waals surface area contributed by atoms with Gasteiger partial charge in [-0.2, -0.15) is 0 Å². The van der Waals surface area contributed by atoms with Gasteiger partial charge in [0.15, 0.2) is 0 Å². The smallest absolute Gasteiger partial charge is 0.0414 e. The van der Waals surface area contributed by atoms with Crippen LogP contribution in [0.15, 0.2) is 79.5 Å². The Morgan fingerprint density at radius 2 is 1.83 bits per heavy atom. The van der Waals surface area contributed by atoms with E-state index < -0.39 is 0 Å². The van der Waals surface area contributed by atoms with E-state index in [4.69, 9.17) is 0 Å². The van der Waals surface area contributed by atoms with Crippen LogP contribution in [0.1, 0.15) is 0 Å². The maximum atomic E-state index is 4.04. The zero-order chi connectivity index (χ0) is 13.0. The first-order valence-corrected chi connectivity index (χ1v) is 5.93. The number of anilines is 1. The Bertz CT molecular complexity index is 608. The van der Waals surface area contributed by atoms with Gasteiger partial charge in [-0.3, -0.25) is 0 Å². The molecular weight excluding hydrogens is 218 g/mol. The minimum absolute atomic E-state index is 0.935. The van der Waals surface area contributed by atoms with Gasteiger partial charge >= 0.3 is 0 Å². The third kappa shape index (κ3) is 2.51. The van der Waals surface area contributed by atoms with Crippen LogP contribution in [0.25, 0.3) is 10.8 Å². The zero-order valence-electron chi connectivity index (χ0n) is 10.6. The molecule has 2 aromatic carbocycles. The molecule has 1 heteroatoms. The van der Waals surface area contributed by atoms with Crippen molar-refractivity contribution in [3.05, 3.63) is 79.5 Å². The van der Waals surface area contributed by atoms with Crippen molar-refractivity contribution in [3.63, 3.8) is 0 Å². The van der Waals surface area contributed by atoms with Gasteiger partial charge in [-0.1, -0.05) is 55.6 Å². The second-order valence-electron chi connectivity index (χ2n) is 4.18. The molecule has 0 aromatic heterocycles. The molecule has 18 heavy (non-hydrogen) atoms. The van der Waals surface area contributed by atoms with Crippen molar-refractivity contribution in [1.82, 2.24) is 0 Å². The van der Waals surface area contributed by atoms with E-state index >= 15 is 0 Å². The topological polar surface area (TPSA) is 3.24 Å². The normalized spacial score (nSPS) is 10.7. The molecule has 0 aliphatic heterocycles. The molecule has 0 aliphatic carbocycles. The summed E-state index contributed by atoms with van der Waals surface area (Å²) in [5.41, 5.74) is 2.07. The number of allylic oxidation sites excluding steroid dienone is 3. The number of benzene rings is 2. The Morgan fingerprint density at radius 3 is 2.56 bits per heavy atom. The summed E-state index contributed by atoms with van der Waals surface area (Å²) >= 11 is 0. The standard InChI is InChI=1S/C17H17N/c1-4-5-8-14(2)18(3)17-12-11-15-9-6-7-10-16(15)13-17/h4-13H,1-2H2,3H3/b8-5-. The Hall–Kier alpha value is -2.28. The maximum Gasteiger partial charge on any atom is 0.0414 e. The monoisotopic (exact) mass is 235 g/mol. The fourth-order valence-corrected chi connectivity index (χ4v) is 1.84. The van der Waals surface area contributed by atoms with Gasteiger partial charge in [0.05, 0.1) is 0 Å². The molecule has 1 nitrogen and oxygen atoms in total. The summed E-state index contributed by atoms with van der Waals surface area (Å²) in [6.07, 6.45) is 5.58. The Morgan fingerprint density at radius 1 is 1.11 bits per heavy atom. The Labute approximate surface area is 108 Å². The molecule has 0 heterocycles. The van der Waals surface area contributed by atoms with Crippen molar-refractivity contribution in [2.24, 2.45) is 0 Å². The van der Waals surface area contributed by atoms with Gasteiger partial charge in [0.25, 0.3) is 0 Å². The highest BCUT2D eigenvalue weighted by atomic mass is 15.1. The predicted octanol–water partition coefficient (Wildman–Crippen LogP) is 4.53. The van der Waals surface area contributed by atoms with Gasteiger partial charge in [-0.05, 0) is 29.0 Å². The van der Waals surface area contributed by atoms with E-state index in [1.54, 1.807) is 6.08 Å². The van der Waals surface area contributed by atoms with Crippen LogP contribution in [0, 0.1) is 0 Å². The van der Waals surface area contributed by atoms with E-state index in [9.17, 15) is 0 Å². The number of rotatable bonds is 4. The molecule has 0 bridgehead atoms. The number of hydrogen-bond acceptors (Lipinski definition) is 1. The van der Waals surface area contributed by atoms with E-state index in [1.165, 1.54) is 10.8 Å². The van der Waals surface area contributed by atoms with Crippen LogP contribution >= 0.6 is 0 Å². The minimum atomic E-state index is 0.935. The van der Waals surface area contributed by atoms with Crippen LogP contribution < -0.4 is 4.90 Å². The summed E-state index contributed by atoms with van der Waals surface area (Å²) in [6, 6.07) is 14.7. The first-order valence-electron chi connectivity index (χ1n) is 5.93. The largest absolute Gasteiger partial charge is 0.345 e. The lowest BCUT2D eigenvalue weighted by atomic mass is 10.1. The second-order valence-corrected chi connectivity index (χ2v) is 4.18. The van der Waals surface area contributed by atoms with Gasteiger partial charge in [0, 0.05) is 18.4 Å². The quantitative estimate of drug-likeness (QED) is 0.704. The second kappa shape index (κ2) is 5.37. The van der Waals surface area contributed by atoms with Gasteiger partial charge in [0.2, 0.25) is 0 Å². The zero-order valence-corrected chi connectivity index (χ0v) is 10.6. The van der Waals surface area contributed by atoms with Crippen molar-refractivity contribution in [3.8, 4) is 0 Å². The Balaban J connectivity index is 2.33. The highest BCUT2D eigenvalue weighted by Gasteiger charge is 2.03. The fraction of sp³-hybridized carbons (Fsp3) is 0.0588. The van der Waals surface area contributed by atoms with Crippen molar-refractivity contribution in [2.75, 3.05) is 11.9 Å². The molecule has 0 unspecified atom stereocenters. The highest BCUT2D eigenvalue weighted by molar-refractivity contribution is 5.86. The molecule has 0 fully saturated rings. The highest BCUT2D eigenvalue weighted by Crippen LogP contribution is 2.23. The van der Waals surface area contributed by atoms with Gasteiger partial charge in [-0.15, -0.1) is 0 Å². The molecule has 2 rings (SSSR count). The van der Waals surface area contributed by atoms with Crippen LogP contribution in [-0.4, -0.2) is 7.05 Å². The van der Waals surface area contributed by atoms with E-state index in [0.717, 1.165) is 11.4 Å². The summed E-state index contributed by atoms with van der Waals surface area (Å²) in [6.45, 7) is 7.70. The lowest BCUT2D eigenvalue weighted by Crippen LogP contribution is -2.13. The van der Waals surface area contributed by atoms with Crippen LogP contribution in [0.4, 0.5) is 5.69 Å². The van der Waals surface area contributed by atoms with Crippen LogP contribution in [-0.2, 0) is 0 Å². The SMILES string of the molecule is C=C/C=C\C(=C)N(C)c1ccc2ccccc2c1. The number of hydrogen-bond donors (Lipinski definition) is 0. The number of nitrogens with zero attached hydrogens (tertiary/aromatic N) is 1. The maximum absolute atomic E-state index is 4.04. The Kier molecular flexibility index (Phi) is 3.63. The minimum Gasteiger partial charge on any atom is -0.345 e. The van der Waals surface area contributed by atoms with Crippen molar-refractivity contribution < 1.29 is 0 Å². The average molecular weight is 235 g/mol. The lowest BCUT2D eigenvalue weighted by molar-refractivity contribution is 1.15. The molecule has 0 saturated carbocycles. The van der Waals surface area contributed by atoms with Crippen LogP contribution in [0.3, 0.4) is 0 Å². The first-order chi connectivity index (χ1) is 8.72. The summed E-state index contributed by atoms with van der Waals surface area (Å²) in [4.78, 5) is 2.06. The molecule has 90 valence electrons. The van der Waals surface area contributed by atoms with Crippen molar-refractivity contribution in [1.29, 1.82) is 0 Å². The molecular formula is C17H17N. The third-order valence-electron chi connectivity index (χ3n) is 2.98. The molecule has 0 aliphatic rings. The van der Waals surface area contributed by atoms with Gasteiger partial charge < -0.3 is 4.90 Å². The molecule has 0 saturated heterocycles. The van der Waals surface area contributed by atoms with E-state index in [0.29, 0.717) is 0 Å². The molecule has 0 spiro atoms. The molecule has 0 N–H and O–H groups in total. The van der Waals surface area contributed by atoms with Crippen LogP contribution in [0.5, 0.6) is 0 Å². The van der Waals surface area contributed by atoms with E-state index in [2.05, 4.69) is 60.5 Å². The summed E-state index contributed by atoms with van der Waals surface area (Å²) in [5, 5.41) is 2.49. The number of likely N-dealkylation sites (N-methyl/N-ethyl adjacent to an activating group) is 1. The molecule has 0 atom stereocenters. The van der Waals surface area contributed by atoms with Crippen LogP contribution in [0.2, 0.25) is 0 Å². The molecule has 0 amide bonds. The van der Waals surface area contributed by atoms with Crippen molar-refractivity contribution >= 4 is 16.5 Å². The summed E-state index contributed by atoms with van der Waals surface area (Å²) in [7, 11) is 2.01. The predicted molar refractivity (Wildman–Crippen MR) is 80.8 cm³/mol. The first kappa shape index (κ1) is 12.2. The van der Waals surface area contributed by atoms with Gasteiger partial charge in [0.1, 0.15) is 0 Å². The summed E-state index contributed by atoms with van der Waals surface area (Å²) < 4.78 is 0. The summed E-state index contributed by atoms with van der Waals surface area (Å²) in [5.74, 6) is 0. The molecule has 0 radical (unpaired) electrons. The fourth-order valence-electron chi connectivity index (χ4n) is 1.84. The van der Waals surface area contributed by atoms with Crippen molar-refractivity contribution in [2.45, 2.75) is 0 Å². The average Bonchev–Trinajstić information content (AvgIpc) is 2.43. The molecule has 2 aromatic rings. The number of fused-ring (bicyclic) bond motifs is 1. The lowest BCUT2D eigenvalue weighted by Gasteiger charge is -2.20. The third-order valence-corrected chi connectivity index (χ3v) is 2.98.